The van der Waals surface area contributed by atoms with Crippen LogP contribution in [-0.2, 0) is 18.5 Å². The fourth-order valence-corrected chi connectivity index (χ4v) is 7.13. The second-order valence-electron chi connectivity index (χ2n) is 12.5. The summed E-state index contributed by atoms with van der Waals surface area (Å²) in [6.45, 7) is 8.12. The van der Waals surface area contributed by atoms with Crippen molar-refractivity contribution < 1.29 is 39.5 Å². The predicted molar refractivity (Wildman–Crippen MR) is 187 cm³/mol. The van der Waals surface area contributed by atoms with Crippen molar-refractivity contribution in [1.82, 2.24) is 9.13 Å². The van der Waals surface area contributed by atoms with E-state index in [4.69, 9.17) is 6.57 Å². The molecule has 0 radical (unpaired) electrons. The number of hydrogen-bond acceptors (Lipinski definition) is 1. The molecule has 0 aliphatic rings. The predicted octanol–water partition coefficient (Wildman–Crippen LogP) is 13.0. The van der Waals surface area contributed by atoms with Gasteiger partial charge in [0.05, 0.1) is 68.3 Å². The molecule has 0 aliphatic carbocycles. The highest BCUT2D eigenvalue weighted by atomic mass is 19.4. The Bertz CT molecular complexity index is 2930. The number of alkyl halides is 9. The van der Waals surface area contributed by atoms with Crippen LogP contribution in [0, 0.1) is 17.9 Å². The van der Waals surface area contributed by atoms with Gasteiger partial charge in [0.15, 0.2) is 5.69 Å². The van der Waals surface area contributed by atoms with Crippen molar-refractivity contribution in [3.05, 3.63) is 149 Å². The van der Waals surface area contributed by atoms with Gasteiger partial charge in [-0.05, 0) is 83.9 Å². The van der Waals surface area contributed by atoms with Crippen molar-refractivity contribution in [3.63, 3.8) is 0 Å². The fourth-order valence-electron chi connectivity index (χ4n) is 7.13. The van der Waals surface area contributed by atoms with Crippen molar-refractivity contribution in [2.24, 2.45) is 0 Å². The molecule has 0 fully saturated rings. The lowest BCUT2D eigenvalue weighted by atomic mass is 9.95. The minimum absolute atomic E-state index is 0.114. The van der Waals surface area contributed by atoms with Crippen molar-refractivity contribution in [2.75, 3.05) is 0 Å². The molecule has 0 saturated heterocycles. The number of hydrogen-bond donors (Lipinski definition) is 0. The van der Waals surface area contributed by atoms with Gasteiger partial charge in [-0.25, -0.2) is 4.85 Å². The largest absolute Gasteiger partial charge is 0.417 e. The SMILES string of the molecule is [C-]#[N+]c1cc(-n2c3ccccc3c3cc(C(F)(F)F)ccc32)c(-n2c3ccccc3c3cc(C(F)(F)F)ccc32)cc1-c1ccc(C#N)cc1C(F)(F)F. The summed E-state index contributed by atoms with van der Waals surface area (Å²) in [6.07, 6.45) is -14.4. The number of fused-ring (bicyclic) bond motifs is 6. The van der Waals surface area contributed by atoms with Crippen molar-refractivity contribution >= 4 is 49.3 Å². The molecule has 2 aromatic heterocycles. The molecule has 0 atom stereocenters. The Balaban J connectivity index is 1.57. The number of benzene rings is 6. The summed E-state index contributed by atoms with van der Waals surface area (Å²) in [7, 11) is 0. The third-order valence-electron chi connectivity index (χ3n) is 9.44. The molecule has 0 amide bonds. The quantitative estimate of drug-likeness (QED) is 0.131. The van der Waals surface area contributed by atoms with Gasteiger partial charge in [0.25, 0.3) is 0 Å². The Morgan fingerprint density at radius 3 is 1.44 bits per heavy atom. The zero-order chi connectivity index (χ0) is 38.3. The molecule has 0 spiro atoms. The van der Waals surface area contributed by atoms with Gasteiger partial charge in [-0.3, -0.25) is 0 Å². The van der Waals surface area contributed by atoms with Crippen LogP contribution in [0.4, 0.5) is 45.2 Å². The maximum atomic E-state index is 14.6. The minimum Gasteiger partial charge on any atom is -0.308 e. The summed E-state index contributed by atoms with van der Waals surface area (Å²) in [4.78, 5) is 3.60. The Hall–Kier alpha value is -6.73. The summed E-state index contributed by atoms with van der Waals surface area (Å²) in [5, 5.41) is 10.6. The number of nitriles is 1. The summed E-state index contributed by atoms with van der Waals surface area (Å²) >= 11 is 0. The van der Waals surface area contributed by atoms with E-state index in [0.29, 0.717) is 27.9 Å². The zero-order valence-electron chi connectivity index (χ0n) is 27.2. The van der Waals surface area contributed by atoms with E-state index in [1.165, 1.54) is 30.3 Å². The van der Waals surface area contributed by atoms with Crippen molar-refractivity contribution in [1.29, 1.82) is 5.26 Å². The van der Waals surface area contributed by atoms with Crippen molar-refractivity contribution in [3.8, 4) is 28.6 Å². The molecule has 8 rings (SSSR count). The highest BCUT2D eigenvalue weighted by Crippen LogP contribution is 2.47. The van der Waals surface area contributed by atoms with E-state index in [1.807, 2.05) is 0 Å². The van der Waals surface area contributed by atoms with Crippen molar-refractivity contribution in [2.45, 2.75) is 18.5 Å². The van der Waals surface area contributed by atoms with Crippen LogP contribution in [-0.4, -0.2) is 9.13 Å². The van der Waals surface area contributed by atoms with Gasteiger partial charge < -0.3 is 9.13 Å². The number of para-hydroxylation sites is 2. The second kappa shape index (κ2) is 11.9. The summed E-state index contributed by atoms with van der Waals surface area (Å²) in [5.74, 6) is 0. The summed E-state index contributed by atoms with van der Waals surface area (Å²) in [5.41, 5.74) is -2.68. The molecular weight excluding hydrogens is 719 g/mol. The highest BCUT2D eigenvalue weighted by molar-refractivity contribution is 6.12. The van der Waals surface area contributed by atoms with E-state index in [-0.39, 0.29) is 50.0 Å². The van der Waals surface area contributed by atoms with Crippen LogP contribution in [0.2, 0.25) is 0 Å². The third kappa shape index (κ3) is 5.39. The molecular formula is C41H19F9N4. The standard InChI is InChI=1S/C41H19F9N4/c1-52-32-20-38(54-34-9-5-3-7-27(34)30-18-24(40(45,46)47)12-15-36(30)54)37(19-28(32)25-13-10-22(21-51)16-31(25)41(48,49)50)53-33-8-4-2-6-26(33)29-17-23(39(42,43)44)11-14-35(29)53/h2-20H. The van der Waals surface area contributed by atoms with Gasteiger partial charge in [0, 0.05) is 21.5 Å². The van der Waals surface area contributed by atoms with E-state index in [2.05, 4.69) is 4.85 Å². The third-order valence-corrected chi connectivity index (χ3v) is 9.44. The number of halogens is 9. The molecule has 8 aromatic rings. The van der Waals surface area contributed by atoms with Crippen LogP contribution < -0.4 is 0 Å². The average Bonchev–Trinajstić information content (AvgIpc) is 3.65. The molecule has 54 heavy (non-hydrogen) atoms. The molecule has 6 aromatic carbocycles. The molecule has 0 saturated carbocycles. The first-order valence-corrected chi connectivity index (χ1v) is 16.0. The number of nitrogens with zero attached hydrogens (tertiary/aromatic N) is 4. The second-order valence-corrected chi connectivity index (χ2v) is 12.5. The molecule has 13 heteroatoms. The smallest absolute Gasteiger partial charge is 0.308 e. The van der Waals surface area contributed by atoms with Gasteiger partial charge in [-0.1, -0.05) is 42.5 Å². The monoisotopic (exact) mass is 738 g/mol. The summed E-state index contributed by atoms with van der Waals surface area (Å²) < 4.78 is 131. The van der Waals surface area contributed by atoms with E-state index in [1.54, 1.807) is 63.7 Å². The Kier molecular flexibility index (Phi) is 7.57. The lowest BCUT2D eigenvalue weighted by Gasteiger charge is -2.21. The van der Waals surface area contributed by atoms with Gasteiger partial charge >= 0.3 is 18.5 Å². The Morgan fingerprint density at radius 1 is 0.500 bits per heavy atom. The molecule has 0 unspecified atom stereocenters. The van der Waals surface area contributed by atoms with Crippen LogP contribution in [0.3, 0.4) is 0 Å². The van der Waals surface area contributed by atoms with Gasteiger partial charge in [0.1, 0.15) is 0 Å². The Morgan fingerprint density at radius 2 is 0.981 bits per heavy atom. The van der Waals surface area contributed by atoms with E-state index in [0.717, 1.165) is 30.3 Å². The van der Waals surface area contributed by atoms with Crippen LogP contribution >= 0.6 is 0 Å². The van der Waals surface area contributed by atoms with Gasteiger partial charge in [0.2, 0.25) is 0 Å². The van der Waals surface area contributed by atoms with Crippen LogP contribution in [0.25, 0.3) is 71.0 Å². The number of aromatic nitrogens is 2. The minimum atomic E-state index is -4.97. The van der Waals surface area contributed by atoms with E-state index >= 15 is 0 Å². The van der Waals surface area contributed by atoms with Crippen LogP contribution in [0.5, 0.6) is 0 Å². The highest BCUT2D eigenvalue weighted by Gasteiger charge is 2.36. The maximum absolute atomic E-state index is 14.6. The molecule has 266 valence electrons. The Labute approximate surface area is 298 Å². The summed E-state index contributed by atoms with van der Waals surface area (Å²) in [6, 6.07) is 26.5. The first-order chi connectivity index (χ1) is 25.6. The normalized spacial score (nSPS) is 12.5. The van der Waals surface area contributed by atoms with E-state index in [9.17, 15) is 44.8 Å². The zero-order valence-corrected chi connectivity index (χ0v) is 27.2. The van der Waals surface area contributed by atoms with Crippen LogP contribution in [0.1, 0.15) is 22.3 Å². The fraction of sp³-hybridized carbons (Fsp3) is 0.0732. The average molecular weight is 739 g/mol. The first-order valence-electron chi connectivity index (χ1n) is 16.0. The first kappa shape index (κ1) is 34.4. The molecule has 0 N–H and O–H groups in total. The van der Waals surface area contributed by atoms with Gasteiger partial charge in [-0.15, -0.1) is 0 Å². The lowest BCUT2D eigenvalue weighted by molar-refractivity contribution is -0.138. The molecule has 2 heterocycles. The lowest BCUT2D eigenvalue weighted by Crippen LogP contribution is -2.09. The molecule has 4 nitrogen and oxygen atoms in total. The number of rotatable bonds is 3. The molecule has 0 aliphatic heterocycles. The van der Waals surface area contributed by atoms with Crippen LogP contribution in [0.15, 0.2) is 115 Å². The topological polar surface area (TPSA) is 38.0 Å². The molecule has 0 bridgehead atoms. The van der Waals surface area contributed by atoms with E-state index < -0.39 is 40.8 Å². The maximum Gasteiger partial charge on any atom is 0.417 e. The van der Waals surface area contributed by atoms with Gasteiger partial charge in [-0.2, -0.15) is 44.8 Å².